The molecule has 2 bridgehead atoms. The normalized spacial score (nSPS) is 28.5. The molecule has 0 saturated heterocycles. The minimum Gasteiger partial charge on any atom is -0.355 e. The second kappa shape index (κ2) is 8.09. The summed E-state index contributed by atoms with van der Waals surface area (Å²) >= 11 is 1.83. The summed E-state index contributed by atoms with van der Waals surface area (Å²) in [5.74, 6) is 2.53. The number of carbonyl (C=O) groups is 1. The van der Waals surface area contributed by atoms with E-state index >= 15 is 0 Å². The molecule has 2 rings (SSSR count). The third kappa shape index (κ3) is 4.80. The van der Waals surface area contributed by atoms with Crippen LogP contribution in [0.2, 0.25) is 0 Å². The van der Waals surface area contributed by atoms with Gasteiger partial charge in [-0.3, -0.25) is 4.79 Å². The van der Waals surface area contributed by atoms with Crippen molar-refractivity contribution in [1.82, 2.24) is 15.5 Å². The van der Waals surface area contributed by atoms with Crippen LogP contribution in [0, 0.1) is 11.8 Å². The summed E-state index contributed by atoms with van der Waals surface area (Å²) in [4.78, 5) is 17.8. The Bertz CT molecular complexity index is 413. The lowest BCUT2D eigenvalue weighted by atomic mass is 9.95. The van der Waals surface area contributed by atoms with Crippen LogP contribution < -0.4 is 10.6 Å². The highest BCUT2D eigenvalue weighted by molar-refractivity contribution is 7.99. The zero-order valence-electron chi connectivity index (χ0n) is 14.3. The molecule has 0 radical (unpaired) electrons. The van der Waals surface area contributed by atoms with Crippen LogP contribution >= 0.6 is 11.8 Å². The van der Waals surface area contributed by atoms with Crippen LogP contribution in [0.15, 0.2) is 4.99 Å². The second-order valence-corrected chi connectivity index (χ2v) is 8.08. The second-order valence-electron chi connectivity index (χ2n) is 6.81. The molecule has 0 aromatic heterocycles. The van der Waals surface area contributed by atoms with Crippen molar-refractivity contribution in [1.29, 1.82) is 0 Å². The Kier molecular flexibility index (Phi) is 6.41. The lowest BCUT2D eigenvalue weighted by Crippen LogP contribution is -2.47. The standard InChI is InChI=1S/C16H30N4OS/c1-11(22-4)9-17-16(18-10-15(21)20(2)3)19-14-8-12-5-6-13(14)7-12/h11-14H,5-10H2,1-4H3,(H2,17,18,19). The van der Waals surface area contributed by atoms with Crippen molar-refractivity contribution in [2.45, 2.75) is 43.9 Å². The van der Waals surface area contributed by atoms with Gasteiger partial charge in [0.15, 0.2) is 5.96 Å². The Morgan fingerprint density at radius 3 is 2.68 bits per heavy atom. The molecule has 0 spiro atoms. The number of likely N-dealkylation sites (N-methyl/N-ethyl adjacent to an activating group) is 1. The Balaban J connectivity index is 1.91. The maximum atomic E-state index is 11.8. The van der Waals surface area contributed by atoms with Crippen LogP contribution in [-0.2, 0) is 4.79 Å². The van der Waals surface area contributed by atoms with Gasteiger partial charge in [0.2, 0.25) is 5.91 Å². The molecule has 126 valence electrons. The van der Waals surface area contributed by atoms with E-state index in [1.165, 1.54) is 25.7 Å². The molecule has 1 amide bonds. The van der Waals surface area contributed by atoms with E-state index in [4.69, 9.17) is 0 Å². The van der Waals surface area contributed by atoms with Crippen LogP contribution in [-0.4, -0.2) is 61.5 Å². The number of carbonyl (C=O) groups excluding carboxylic acids is 1. The Hall–Kier alpha value is -0.910. The monoisotopic (exact) mass is 326 g/mol. The zero-order chi connectivity index (χ0) is 16.1. The third-order valence-electron chi connectivity index (χ3n) is 4.89. The molecule has 2 aliphatic carbocycles. The summed E-state index contributed by atoms with van der Waals surface area (Å²) in [5, 5.41) is 7.50. The number of aliphatic imine (C=N–C) groups is 1. The van der Waals surface area contributed by atoms with E-state index in [0.717, 1.165) is 24.3 Å². The largest absolute Gasteiger partial charge is 0.355 e. The molecule has 6 heteroatoms. The van der Waals surface area contributed by atoms with E-state index < -0.39 is 0 Å². The average molecular weight is 327 g/mol. The van der Waals surface area contributed by atoms with Crippen molar-refractivity contribution in [3.8, 4) is 0 Å². The van der Waals surface area contributed by atoms with Crippen molar-refractivity contribution in [3.63, 3.8) is 0 Å². The van der Waals surface area contributed by atoms with Crippen LogP contribution in [0.1, 0.15) is 32.6 Å². The molecule has 0 heterocycles. The highest BCUT2D eigenvalue weighted by Gasteiger charge is 2.39. The van der Waals surface area contributed by atoms with E-state index in [1.807, 2.05) is 11.8 Å². The van der Waals surface area contributed by atoms with E-state index in [9.17, 15) is 4.79 Å². The van der Waals surface area contributed by atoms with Gasteiger partial charge in [-0.05, 0) is 37.4 Å². The minimum atomic E-state index is 0.0342. The molecule has 5 nitrogen and oxygen atoms in total. The summed E-state index contributed by atoms with van der Waals surface area (Å²) in [7, 11) is 3.54. The van der Waals surface area contributed by atoms with E-state index in [0.29, 0.717) is 11.3 Å². The van der Waals surface area contributed by atoms with Gasteiger partial charge in [0, 0.05) is 31.9 Å². The molecule has 2 fully saturated rings. The van der Waals surface area contributed by atoms with Gasteiger partial charge in [0.1, 0.15) is 6.54 Å². The fourth-order valence-corrected chi connectivity index (χ4v) is 3.61. The first-order valence-corrected chi connectivity index (χ1v) is 9.56. The quantitative estimate of drug-likeness (QED) is 0.574. The van der Waals surface area contributed by atoms with E-state index in [-0.39, 0.29) is 12.5 Å². The number of guanidine groups is 1. The summed E-state index contributed by atoms with van der Waals surface area (Å²) in [6.07, 6.45) is 7.47. The molecular weight excluding hydrogens is 296 g/mol. The van der Waals surface area contributed by atoms with Crippen LogP contribution in [0.3, 0.4) is 0 Å². The van der Waals surface area contributed by atoms with Crippen molar-refractivity contribution in [3.05, 3.63) is 0 Å². The van der Waals surface area contributed by atoms with Gasteiger partial charge >= 0.3 is 0 Å². The third-order valence-corrected chi connectivity index (χ3v) is 5.86. The summed E-state index contributed by atoms with van der Waals surface area (Å²) in [6, 6.07) is 0.532. The molecule has 0 aromatic carbocycles. The first-order chi connectivity index (χ1) is 10.5. The van der Waals surface area contributed by atoms with Gasteiger partial charge in [-0.15, -0.1) is 0 Å². The summed E-state index contributed by atoms with van der Waals surface area (Å²) in [6.45, 7) is 3.26. The van der Waals surface area contributed by atoms with Crippen LogP contribution in [0.5, 0.6) is 0 Å². The van der Waals surface area contributed by atoms with Gasteiger partial charge in [0.25, 0.3) is 0 Å². The maximum Gasteiger partial charge on any atom is 0.243 e. The highest BCUT2D eigenvalue weighted by atomic mass is 32.2. The number of fused-ring (bicyclic) bond motifs is 2. The van der Waals surface area contributed by atoms with E-state index in [2.05, 4.69) is 28.8 Å². The fourth-order valence-electron chi connectivity index (χ4n) is 3.36. The van der Waals surface area contributed by atoms with Gasteiger partial charge in [-0.1, -0.05) is 13.3 Å². The van der Waals surface area contributed by atoms with Crippen LogP contribution in [0.25, 0.3) is 0 Å². The summed E-state index contributed by atoms with van der Waals surface area (Å²) in [5.41, 5.74) is 0. The molecule has 2 saturated carbocycles. The predicted octanol–water partition coefficient (Wildman–Crippen LogP) is 1.55. The van der Waals surface area contributed by atoms with Crippen molar-refractivity contribution in [2.75, 3.05) is 33.4 Å². The first kappa shape index (κ1) is 17.4. The minimum absolute atomic E-state index is 0.0342. The zero-order valence-corrected chi connectivity index (χ0v) is 15.1. The Labute approximate surface area is 138 Å². The van der Waals surface area contributed by atoms with Crippen LogP contribution in [0.4, 0.5) is 0 Å². The smallest absolute Gasteiger partial charge is 0.243 e. The van der Waals surface area contributed by atoms with Crippen molar-refractivity contribution < 1.29 is 4.79 Å². The average Bonchev–Trinajstić information content (AvgIpc) is 3.11. The Morgan fingerprint density at radius 1 is 1.36 bits per heavy atom. The Morgan fingerprint density at radius 2 is 2.14 bits per heavy atom. The number of hydrogen-bond acceptors (Lipinski definition) is 3. The molecule has 0 aliphatic heterocycles. The fraction of sp³-hybridized carbons (Fsp3) is 0.875. The van der Waals surface area contributed by atoms with Gasteiger partial charge < -0.3 is 15.5 Å². The number of hydrogen-bond donors (Lipinski definition) is 2. The topological polar surface area (TPSA) is 56.7 Å². The number of nitrogens with zero attached hydrogens (tertiary/aromatic N) is 2. The van der Waals surface area contributed by atoms with E-state index in [1.54, 1.807) is 19.0 Å². The molecule has 0 aromatic rings. The first-order valence-electron chi connectivity index (χ1n) is 8.27. The molecule has 2 N–H and O–H groups in total. The molecule has 22 heavy (non-hydrogen) atoms. The van der Waals surface area contributed by atoms with Crippen molar-refractivity contribution in [2.24, 2.45) is 16.8 Å². The molecular formula is C16H30N4OS. The number of rotatable bonds is 6. The van der Waals surface area contributed by atoms with Gasteiger partial charge in [-0.2, -0.15) is 11.8 Å². The van der Waals surface area contributed by atoms with Crippen molar-refractivity contribution >= 4 is 23.6 Å². The number of thioether (sulfide) groups is 1. The molecule has 2 aliphatic rings. The SMILES string of the molecule is CSC(C)CNC(=NCC(=O)N(C)C)NC1CC2CCC1C2. The molecule has 4 unspecified atom stereocenters. The predicted molar refractivity (Wildman–Crippen MR) is 94.3 cm³/mol. The molecule has 4 atom stereocenters. The lowest BCUT2D eigenvalue weighted by Gasteiger charge is -2.26. The van der Waals surface area contributed by atoms with Gasteiger partial charge in [0.05, 0.1) is 0 Å². The lowest BCUT2D eigenvalue weighted by molar-refractivity contribution is -0.127. The van der Waals surface area contributed by atoms with Gasteiger partial charge in [-0.25, -0.2) is 4.99 Å². The maximum absolute atomic E-state index is 11.8. The number of nitrogens with one attached hydrogen (secondary N) is 2. The highest BCUT2D eigenvalue weighted by Crippen LogP contribution is 2.44. The summed E-state index contributed by atoms with van der Waals surface area (Å²) < 4.78 is 0. The number of amides is 1.